The highest BCUT2D eigenvalue weighted by molar-refractivity contribution is 5.84. The van der Waals surface area contributed by atoms with Crippen LogP contribution >= 0.6 is 0 Å². The summed E-state index contributed by atoms with van der Waals surface area (Å²) in [5.41, 5.74) is 0. The van der Waals surface area contributed by atoms with E-state index >= 15 is 0 Å². The molecule has 2 fully saturated rings. The van der Waals surface area contributed by atoms with Crippen LogP contribution in [0.2, 0.25) is 0 Å². The number of hydrogen-bond donors (Lipinski definition) is 3. The van der Waals surface area contributed by atoms with Crippen LogP contribution in [0.1, 0.15) is 38.5 Å². The van der Waals surface area contributed by atoms with Crippen molar-refractivity contribution in [3.05, 3.63) is 0 Å². The number of likely N-dealkylation sites (tertiary alicyclic amines) is 1. The molecule has 0 aromatic rings. The van der Waals surface area contributed by atoms with Gasteiger partial charge in [0.15, 0.2) is 0 Å². The van der Waals surface area contributed by atoms with Crippen molar-refractivity contribution in [2.75, 3.05) is 19.6 Å². The number of carboxylic acid groups (broad SMARTS) is 1. The molecule has 7 nitrogen and oxygen atoms in total. The Labute approximate surface area is 124 Å². The molecule has 7 heteroatoms. The molecular weight excluding hydrogens is 274 g/mol. The van der Waals surface area contributed by atoms with Crippen LogP contribution in [0, 0.1) is 5.92 Å². The fraction of sp³-hybridized carbons (Fsp3) is 0.786. The van der Waals surface area contributed by atoms with Gasteiger partial charge in [-0.05, 0) is 25.7 Å². The highest BCUT2D eigenvalue weighted by Gasteiger charge is 2.29. The number of aliphatic carboxylic acids is 1. The normalized spacial score (nSPS) is 22.9. The summed E-state index contributed by atoms with van der Waals surface area (Å²) < 4.78 is 0. The van der Waals surface area contributed by atoms with Gasteiger partial charge in [-0.15, -0.1) is 0 Å². The smallest absolute Gasteiger partial charge is 0.322 e. The van der Waals surface area contributed by atoms with Crippen molar-refractivity contribution in [3.63, 3.8) is 0 Å². The number of carbonyl (C=O) groups is 3. The molecule has 2 rings (SSSR count). The molecule has 3 N–H and O–H groups in total. The van der Waals surface area contributed by atoms with E-state index < -0.39 is 5.97 Å². The van der Waals surface area contributed by atoms with Gasteiger partial charge in [-0.1, -0.05) is 12.8 Å². The molecular formula is C14H23N3O4. The summed E-state index contributed by atoms with van der Waals surface area (Å²) in [6, 6.07) is 0.163. The van der Waals surface area contributed by atoms with Crippen molar-refractivity contribution in [3.8, 4) is 0 Å². The third kappa shape index (κ3) is 4.61. The second-order valence-electron chi connectivity index (χ2n) is 5.83. The summed E-state index contributed by atoms with van der Waals surface area (Å²) in [6.45, 7) is 0.648. The SMILES string of the molecule is O=C(O)CNC(=O)C1CCCN(C(=O)NC2CCCC2)C1. The monoisotopic (exact) mass is 297 g/mol. The van der Waals surface area contributed by atoms with Crippen molar-refractivity contribution >= 4 is 17.9 Å². The minimum absolute atomic E-state index is 0.0994. The lowest BCUT2D eigenvalue weighted by molar-refractivity contribution is -0.138. The predicted octanol–water partition coefficient (Wildman–Crippen LogP) is 0.551. The molecule has 1 unspecified atom stereocenters. The molecule has 3 amide bonds. The average molecular weight is 297 g/mol. The van der Waals surface area contributed by atoms with E-state index in [2.05, 4.69) is 10.6 Å². The van der Waals surface area contributed by atoms with Crippen LogP contribution in [0.25, 0.3) is 0 Å². The van der Waals surface area contributed by atoms with E-state index in [0.717, 1.165) is 32.1 Å². The standard InChI is InChI=1S/C14H23N3O4/c18-12(19)8-15-13(20)10-4-3-7-17(9-10)14(21)16-11-5-1-2-6-11/h10-11H,1-9H2,(H,15,20)(H,16,21)(H,18,19). The summed E-state index contributed by atoms with van der Waals surface area (Å²) >= 11 is 0. The Morgan fingerprint density at radius 3 is 2.48 bits per heavy atom. The van der Waals surface area contributed by atoms with Crippen molar-refractivity contribution < 1.29 is 19.5 Å². The van der Waals surface area contributed by atoms with Crippen molar-refractivity contribution in [2.24, 2.45) is 5.92 Å². The summed E-state index contributed by atoms with van der Waals surface area (Å²) in [6.07, 6.45) is 5.84. The van der Waals surface area contributed by atoms with E-state index in [-0.39, 0.29) is 30.4 Å². The Kier molecular flexibility index (Phi) is 5.41. The maximum Gasteiger partial charge on any atom is 0.322 e. The van der Waals surface area contributed by atoms with Gasteiger partial charge in [-0.25, -0.2) is 4.79 Å². The molecule has 118 valence electrons. The Hall–Kier alpha value is -1.79. The van der Waals surface area contributed by atoms with Crippen molar-refractivity contribution in [1.82, 2.24) is 15.5 Å². The lowest BCUT2D eigenvalue weighted by Gasteiger charge is -2.32. The van der Waals surface area contributed by atoms with Gasteiger partial charge in [0.05, 0.1) is 5.92 Å². The first-order valence-electron chi connectivity index (χ1n) is 7.61. The number of nitrogens with one attached hydrogen (secondary N) is 2. The Bertz CT molecular complexity index is 407. The molecule has 21 heavy (non-hydrogen) atoms. The summed E-state index contributed by atoms with van der Waals surface area (Å²) in [5, 5.41) is 14.0. The fourth-order valence-corrected chi connectivity index (χ4v) is 3.02. The van der Waals surface area contributed by atoms with E-state index in [1.165, 1.54) is 0 Å². The number of carbonyl (C=O) groups excluding carboxylic acids is 2. The lowest BCUT2D eigenvalue weighted by Crippen LogP contribution is -2.51. The number of piperidine rings is 1. The first kappa shape index (κ1) is 15.6. The van der Waals surface area contributed by atoms with Gasteiger partial charge in [-0.2, -0.15) is 0 Å². The largest absolute Gasteiger partial charge is 0.480 e. The van der Waals surface area contributed by atoms with Crippen LogP contribution in [0.4, 0.5) is 4.79 Å². The van der Waals surface area contributed by atoms with Crippen LogP contribution < -0.4 is 10.6 Å². The molecule has 0 aromatic carbocycles. The van der Waals surface area contributed by atoms with E-state index in [9.17, 15) is 14.4 Å². The second-order valence-corrected chi connectivity index (χ2v) is 5.83. The molecule has 1 saturated carbocycles. The average Bonchev–Trinajstić information content (AvgIpc) is 2.97. The first-order chi connectivity index (χ1) is 10.1. The maximum absolute atomic E-state index is 12.2. The van der Waals surface area contributed by atoms with Gasteiger partial charge in [0.2, 0.25) is 5.91 Å². The Balaban J connectivity index is 1.80. The molecule has 0 radical (unpaired) electrons. The minimum Gasteiger partial charge on any atom is -0.480 e. The molecule has 1 aliphatic carbocycles. The van der Waals surface area contributed by atoms with E-state index in [4.69, 9.17) is 5.11 Å². The van der Waals surface area contributed by atoms with Crippen LogP contribution in [-0.2, 0) is 9.59 Å². The molecule has 0 bridgehead atoms. The number of rotatable bonds is 4. The quantitative estimate of drug-likeness (QED) is 0.705. The maximum atomic E-state index is 12.2. The number of carboxylic acids is 1. The van der Waals surface area contributed by atoms with E-state index in [1.54, 1.807) is 4.90 Å². The van der Waals surface area contributed by atoms with E-state index in [0.29, 0.717) is 19.5 Å². The zero-order valence-electron chi connectivity index (χ0n) is 12.1. The highest BCUT2D eigenvalue weighted by Crippen LogP contribution is 2.20. The molecule has 1 saturated heterocycles. The van der Waals surface area contributed by atoms with Crippen LogP contribution in [0.5, 0.6) is 0 Å². The van der Waals surface area contributed by atoms with Gasteiger partial charge in [0.1, 0.15) is 6.54 Å². The van der Waals surface area contributed by atoms with Gasteiger partial charge in [0, 0.05) is 19.1 Å². The topological polar surface area (TPSA) is 98.7 Å². The predicted molar refractivity (Wildman–Crippen MR) is 75.7 cm³/mol. The van der Waals surface area contributed by atoms with Gasteiger partial charge in [-0.3, -0.25) is 9.59 Å². The molecule has 2 aliphatic rings. The van der Waals surface area contributed by atoms with Gasteiger partial charge in [0.25, 0.3) is 0 Å². The third-order valence-corrected chi connectivity index (χ3v) is 4.18. The first-order valence-corrected chi connectivity index (χ1v) is 7.61. The van der Waals surface area contributed by atoms with Crippen LogP contribution in [0.15, 0.2) is 0 Å². The van der Waals surface area contributed by atoms with Crippen LogP contribution in [0.3, 0.4) is 0 Å². The van der Waals surface area contributed by atoms with Crippen molar-refractivity contribution in [1.29, 1.82) is 0 Å². The summed E-state index contributed by atoms with van der Waals surface area (Å²) in [7, 11) is 0. The highest BCUT2D eigenvalue weighted by atomic mass is 16.4. The second kappa shape index (κ2) is 7.28. The van der Waals surface area contributed by atoms with Crippen LogP contribution in [-0.4, -0.2) is 53.6 Å². The zero-order valence-corrected chi connectivity index (χ0v) is 12.1. The summed E-state index contributed by atoms with van der Waals surface area (Å²) in [4.78, 5) is 36.2. The van der Waals surface area contributed by atoms with Gasteiger partial charge >= 0.3 is 12.0 Å². The number of hydrogen-bond acceptors (Lipinski definition) is 3. The summed E-state index contributed by atoms with van der Waals surface area (Å²) in [5.74, 6) is -1.65. The molecule has 1 heterocycles. The molecule has 0 spiro atoms. The molecule has 1 atom stereocenters. The Morgan fingerprint density at radius 2 is 1.81 bits per heavy atom. The fourth-order valence-electron chi connectivity index (χ4n) is 3.02. The van der Waals surface area contributed by atoms with E-state index in [1.807, 2.05) is 0 Å². The Morgan fingerprint density at radius 1 is 1.10 bits per heavy atom. The molecule has 1 aliphatic heterocycles. The van der Waals surface area contributed by atoms with Gasteiger partial charge < -0.3 is 20.6 Å². The lowest BCUT2D eigenvalue weighted by atomic mass is 9.97. The number of amides is 3. The zero-order chi connectivity index (χ0) is 15.2. The number of nitrogens with zero attached hydrogens (tertiary/aromatic N) is 1. The number of urea groups is 1. The third-order valence-electron chi connectivity index (χ3n) is 4.18. The minimum atomic E-state index is -1.06. The van der Waals surface area contributed by atoms with Crippen molar-refractivity contribution in [2.45, 2.75) is 44.6 Å². The molecule has 0 aromatic heterocycles.